The molecule has 2 aliphatic rings. The fourth-order valence-corrected chi connectivity index (χ4v) is 7.45. The van der Waals surface area contributed by atoms with Gasteiger partial charge >= 0.3 is 11.9 Å². The predicted octanol–water partition coefficient (Wildman–Crippen LogP) is 4.87. The number of esters is 2. The summed E-state index contributed by atoms with van der Waals surface area (Å²) in [5.74, 6) is -0.919. The summed E-state index contributed by atoms with van der Waals surface area (Å²) in [6, 6.07) is 0. The zero-order chi connectivity index (χ0) is 43.3. The molecule has 348 valence electrons. The molecule has 4 unspecified atom stereocenters. The third-order valence-corrected chi connectivity index (χ3v) is 11.3. The number of rotatable bonds is 35. The first-order valence-electron chi connectivity index (χ1n) is 23.1. The van der Waals surface area contributed by atoms with E-state index in [9.17, 15) is 45.3 Å². The molecule has 15 nitrogen and oxygen atoms in total. The lowest BCUT2D eigenvalue weighted by Gasteiger charge is -2.42. The zero-order valence-electron chi connectivity index (χ0n) is 36.3. The minimum atomic E-state index is -1.76. The summed E-state index contributed by atoms with van der Waals surface area (Å²) in [7, 11) is 0. The summed E-state index contributed by atoms with van der Waals surface area (Å²) < 4.78 is 33.4. The lowest BCUT2D eigenvalue weighted by Crippen LogP contribution is -2.61. The van der Waals surface area contributed by atoms with Crippen LogP contribution in [-0.4, -0.2) is 142 Å². The maximum Gasteiger partial charge on any atom is 0.306 e. The Balaban J connectivity index is 1.84. The number of ether oxygens (including phenoxy) is 6. The lowest BCUT2D eigenvalue weighted by atomic mass is 9.98. The van der Waals surface area contributed by atoms with E-state index in [0.29, 0.717) is 12.8 Å². The quantitative estimate of drug-likeness (QED) is 0.0333. The van der Waals surface area contributed by atoms with Crippen LogP contribution < -0.4 is 0 Å². The number of aliphatic hydroxyl groups excluding tert-OH is 7. The van der Waals surface area contributed by atoms with E-state index < -0.39 is 92.7 Å². The Morgan fingerprint density at radius 3 is 1.32 bits per heavy atom. The van der Waals surface area contributed by atoms with Gasteiger partial charge in [0, 0.05) is 12.8 Å². The van der Waals surface area contributed by atoms with Crippen LogP contribution in [-0.2, 0) is 38.0 Å². The second-order valence-corrected chi connectivity index (χ2v) is 16.6. The van der Waals surface area contributed by atoms with Gasteiger partial charge in [0.15, 0.2) is 18.7 Å². The second-order valence-electron chi connectivity index (χ2n) is 16.6. The summed E-state index contributed by atoms with van der Waals surface area (Å²) in [5, 5.41) is 71.8. The van der Waals surface area contributed by atoms with Gasteiger partial charge < -0.3 is 64.2 Å². The van der Waals surface area contributed by atoms with Gasteiger partial charge in [0.05, 0.1) is 19.8 Å². The minimum absolute atomic E-state index is 0.172. The van der Waals surface area contributed by atoms with Crippen LogP contribution in [0.25, 0.3) is 0 Å². The highest BCUT2D eigenvalue weighted by molar-refractivity contribution is 5.70. The fraction of sp³-hybridized carbons (Fsp3) is 0.955. The van der Waals surface area contributed by atoms with Crippen molar-refractivity contribution in [2.75, 3.05) is 26.4 Å². The van der Waals surface area contributed by atoms with Crippen LogP contribution in [0.15, 0.2) is 0 Å². The Kier molecular flexibility index (Phi) is 30.1. The number of hydrogen-bond donors (Lipinski definition) is 7. The molecule has 0 aromatic carbocycles. The number of unbranched alkanes of at least 4 members (excludes halogenated alkanes) is 21. The van der Waals surface area contributed by atoms with Crippen molar-refractivity contribution < 1.29 is 73.8 Å². The molecule has 15 heteroatoms. The van der Waals surface area contributed by atoms with Crippen LogP contribution in [0, 0.1) is 0 Å². The summed E-state index contributed by atoms with van der Waals surface area (Å²) in [5.41, 5.74) is 0. The highest BCUT2D eigenvalue weighted by atomic mass is 16.7. The summed E-state index contributed by atoms with van der Waals surface area (Å²) in [6.07, 6.45) is 10.1. The van der Waals surface area contributed by atoms with Gasteiger partial charge in [0.25, 0.3) is 0 Å². The zero-order valence-corrected chi connectivity index (χ0v) is 36.3. The van der Waals surface area contributed by atoms with Crippen LogP contribution >= 0.6 is 0 Å². The Morgan fingerprint density at radius 1 is 0.475 bits per heavy atom. The van der Waals surface area contributed by atoms with E-state index in [-0.39, 0.29) is 26.1 Å². The van der Waals surface area contributed by atoms with Crippen LogP contribution in [0.4, 0.5) is 0 Å². The Bertz CT molecular complexity index is 1050. The van der Waals surface area contributed by atoms with E-state index in [4.69, 9.17) is 28.4 Å². The number of carbonyl (C=O) groups is 2. The third-order valence-electron chi connectivity index (χ3n) is 11.3. The third kappa shape index (κ3) is 22.4. The molecule has 2 heterocycles. The molecule has 2 rings (SSSR count). The van der Waals surface area contributed by atoms with E-state index in [1.54, 1.807) is 0 Å². The van der Waals surface area contributed by atoms with Crippen molar-refractivity contribution >= 4 is 11.9 Å². The highest BCUT2D eigenvalue weighted by Crippen LogP contribution is 2.26. The lowest BCUT2D eigenvalue weighted by molar-refractivity contribution is -0.332. The molecule has 0 saturated carbocycles. The minimum Gasteiger partial charge on any atom is -0.462 e. The van der Waals surface area contributed by atoms with Crippen LogP contribution in [0.2, 0.25) is 0 Å². The van der Waals surface area contributed by atoms with E-state index in [0.717, 1.165) is 38.5 Å². The van der Waals surface area contributed by atoms with Crippen molar-refractivity contribution in [3.63, 3.8) is 0 Å². The summed E-state index contributed by atoms with van der Waals surface area (Å²) in [4.78, 5) is 25.5. The molecule has 0 aromatic heterocycles. The van der Waals surface area contributed by atoms with E-state index >= 15 is 0 Å². The van der Waals surface area contributed by atoms with Gasteiger partial charge in [0.1, 0.15) is 55.4 Å². The standard InChI is InChI=1S/C44H82O15/c1-3-5-7-9-11-13-14-15-16-17-19-21-23-25-27-36(47)57-32(29-54-35(46)26-24-22-20-18-12-10-8-6-4-2)30-55-43-42(53)40(51)38(49)34(59-43)31-56-44-41(52)39(50)37(48)33(28-45)58-44/h32-34,37-45,48-53H,3-31H2,1-2H3/t32-,33-,34-,37+,38+,39?,40?,41?,42?,43-,44-/m1/s1. The first-order valence-corrected chi connectivity index (χ1v) is 23.1. The molecule has 59 heavy (non-hydrogen) atoms. The Hall–Kier alpha value is -1.50. The van der Waals surface area contributed by atoms with E-state index in [2.05, 4.69) is 13.8 Å². The normalized spacial score (nSPS) is 27.7. The Morgan fingerprint density at radius 2 is 0.864 bits per heavy atom. The van der Waals surface area contributed by atoms with Crippen molar-refractivity contribution in [1.82, 2.24) is 0 Å². The summed E-state index contributed by atoms with van der Waals surface area (Å²) >= 11 is 0. The molecule has 0 bridgehead atoms. The average Bonchev–Trinajstić information content (AvgIpc) is 3.23. The molecule has 2 saturated heterocycles. The maximum absolute atomic E-state index is 12.9. The van der Waals surface area contributed by atoms with Crippen LogP contribution in [0.1, 0.15) is 174 Å². The van der Waals surface area contributed by atoms with Crippen molar-refractivity contribution in [2.24, 2.45) is 0 Å². The maximum atomic E-state index is 12.9. The largest absolute Gasteiger partial charge is 0.462 e. The SMILES string of the molecule is CCCCCCCCCCCCCCCCC(=O)O[C@H](COC(=O)CCCCCCCCCCC)CO[C@@H]1O[C@H](CO[C@@H]2O[C@H](CO)[C@H](O)C(O)C2O)[C@H](O)C(O)C1O. The van der Waals surface area contributed by atoms with Crippen molar-refractivity contribution in [1.29, 1.82) is 0 Å². The van der Waals surface area contributed by atoms with Gasteiger partial charge in [-0.2, -0.15) is 0 Å². The smallest absolute Gasteiger partial charge is 0.306 e. The molecular weight excluding hydrogens is 768 g/mol. The van der Waals surface area contributed by atoms with Gasteiger partial charge in [-0.1, -0.05) is 149 Å². The average molecular weight is 851 g/mol. The highest BCUT2D eigenvalue weighted by Gasteiger charge is 2.47. The topological polar surface area (TPSA) is 231 Å². The van der Waals surface area contributed by atoms with Gasteiger partial charge in [0.2, 0.25) is 0 Å². The van der Waals surface area contributed by atoms with Gasteiger partial charge in [-0.3, -0.25) is 9.59 Å². The number of hydrogen-bond acceptors (Lipinski definition) is 15. The van der Waals surface area contributed by atoms with Crippen LogP contribution in [0.3, 0.4) is 0 Å². The predicted molar refractivity (Wildman–Crippen MR) is 220 cm³/mol. The van der Waals surface area contributed by atoms with Crippen LogP contribution in [0.5, 0.6) is 0 Å². The molecule has 7 N–H and O–H groups in total. The second kappa shape index (κ2) is 33.1. The molecule has 0 amide bonds. The molecule has 0 aliphatic carbocycles. The van der Waals surface area contributed by atoms with E-state index in [1.165, 1.54) is 96.3 Å². The van der Waals surface area contributed by atoms with E-state index in [1.807, 2.05) is 0 Å². The molecular formula is C44H82O15. The Labute approximate surface area is 353 Å². The number of aliphatic hydroxyl groups is 7. The molecule has 11 atom stereocenters. The molecule has 0 spiro atoms. The molecule has 0 radical (unpaired) electrons. The van der Waals surface area contributed by atoms with Gasteiger partial charge in [-0.15, -0.1) is 0 Å². The monoisotopic (exact) mass is 851 g/mol. The van der Waals surface area contributed by atoms with Crippen molar-refractivity contribution in [3.05, 3.63) is 0 Å². The summed E-state index contributed by atoms with van der Waals surface area (Å²) in [6.45, 7) is 2.56. The van der Waals surface area contributed by atoms with Gasteiger partial charge in [-0.05, 0) is 12.8 Å². The van der Waals surface area contributed by atoms with Crippen molar-refractivity contribution in [2.45, 2.75) is 242 Å². The first kappa shape index (κ1) is 53.6. The molecule has 0 aromatic rings. The first-order chi connectivity index (χ1) is 28.5. The fourth-order valence-electron chi connectivity index (χ4n) is 7.45. The molecule has 2 aliphatic heterocycles. The molecule has 2 fully saturated rings. The number of carbonyl (C=O) groups excluding carboxylic acids is 2. The van der Waals surface area contributed by atoms with Gasteiger partial charge in [-0.25, -0.2) is 0 Å². The van der Waals surface area contributed by atoms with Crippen molar-refractivity contribution in [3.8, 4) is 0 Å².